The molecule has 0 aromatic carbocycles. The van der Waals surface area contributed by atoms with Crippen molar-refractivity contribution in [3.05, 3.63) is 0 Å². The maximum absolute atomic E-state index is 13.9. The van der Waals surface area contributed by atoms with Crippen LogP contribution in [0.2, 0.25) is 0 Å². The molecular formula is C22H46NO3P. The molecule has 0 unspecified atom stereocenters. The average Bonchev–Trinajstić information content (AvgIpc) is 2.68. The van der Waals surface area contributed by atoms with Crippen LogP contribution in [0.1, 0.15) is 117 Å². The topological polar surface area (TPSA) is 47.6 Å². The van der Waals surface area contributed by atoms with Gasteiger partial charge in [0, 0.05) is 0 Å². The molecule has 0 saturated heterocycles. The Labute approximate surface area is 169 Å². The highest BCUT2D eigenvalue weighted by molar-refractivity contribution is 7.55. The lowest BCUT2D eigenvalue weighted by atomic mass is 9.94. The minimum Gasteiger partial charge on any atom is -0.307 e. The maximum atomic E-state index is 13.9. The van der Waals surface area contributed by atoms with Crippen LogP contribution in [-0.2, 0) is 13.6 Å². The molecular weight excluding hydrogens is 357 g/mol. The predicted molar refractivity (Wildman–Crippen MR) is 117 cm³/mol. The first-order valence-electron chi connectivity index (χ1n) is 11.8. The molecule has 1 aliphatic rings. The van der Waals surface area contributed by atoms with E-state index in [2.05, 4.69) is 26.1 Å². The van der Waals surface area contributed by atoms with Crippen LogP contribution in [0.3, 0.4) is 0 Å². The summed E-state index contributed by atoms with van der Waals surface area (Å²) in [5.74, 6) is 0. The summed E-state index contributed by atoms with van der Waals surface area (Å²) in [6.45, 7) is 8.53. The summed E-state index contributed by atoms with van der Waals surface area (Å²) in [6.07, 6.45) is 16.9. The zero-order chi connectivity index (χ0) is 19.8. The van der Waals surface area contributed by atoms with Gasteiger partial charge in [0.25, 0.3) is 0 Å². The zero-order valence-corrected chi connectivity index (χ0v) is 19.3. The Hall–Kier alpha value is 0.110. The van der Waals surface area contributed by atoms with Crippen LogP contribution in [0.25, 0.3) is 0 Å². The van der Waals surface area contributed by atoms with Crippen molar-refractivity contribution in [2.24, 2.45) is 0 Å². The van der Waals surface area contributed by atoms with Gasteiger partial charge in [-0.15, -0.1) is 0 Å². The van der Waals surface area contributed by atoms with E-state index in [0.29, 0.717) is 13.2 Å². The molecule has 0 aliphatic heterocycles. The van der Waals surface area contributed by atoms with Gasteiger partial charge in [0.1, 0.15) is 5.28 Å². The van der Waals surface area contributed by atoms with Gasteiger partial charge >= 0.3 is 7.60 Å². The largest absolute Gasteiger partial charge is 0.350 e. The fraction of sp³-hybridized carbons (Fsp3) is 1.00. The Morgan fingerprint density at radius 1 is 0.741 bits per heavy atom. The van der Waals surface area contributed by atoms with Gasteiger partial charge in [0.15, 0.2) is 0 Å². The van der Waals surface area contributed by atoms with Crippen molar-refractivity contribution < 1.29 is 13.6 Å². The third kappa shape index (κ3) is 8.98. The van der Waals surface area contributed by atoms with Crippen molar-refractivity contribution in [2.75, 3.05) is 19.8 Å². The molecule has 5 heteroatoms. The normalized spacial score (nSPS) is 17.3. The molecule has 162 valence electrons. The van der Waals surface area contributed by atoms with Gasteiger partial charge < -0.3 is 14.4 Å². The molecule has 1 saturated carbocycles. The number of rotatable bonds is 17. The molecule has 4 nitrogen and oxygen atoms in total. The zero-order valence-electron chi connectivity index (χ0n) is 18.4. The lowest BCUT2D eigenvalue weighted by Gasteiger charge is -2.42. The average molecular weight is 404 g/mol. The van der Waals surface area contributed by atoms with Gasteiger partial charge in [-0.05, 0) is 38.6 Å². The van der Waals surface area contributed by atoms with Gasteiger partial charge in [0.2, 0.25) is 0 Å². The van der Waals surface area contributed by atoms with Crippen LogP contribution in [0.15, 0.2) is 0 Å². The van der Waals surface area contributed by atoms with E-state index in [9.17, 15) is 4.57 Å². The molecule has 0 bridgehead atoms. The Kier molecular flexibility index (Phi) is 14.0. The molecule has 0 amide bonds. The van der Waals surface area contributed by atoms with Crippen molar-refractivity contribution in [3.63, 3.8) is 0 Å². The van der Waals surface area contributed by atoms with Crippen molar-refractivity contribution in [1.29, 1.82) is 0 Å². The third-order valence-corrected chi connectivity index (χ3v) is 8.41. The van der Waals surface area contributed by atoms with E-state index in [4.69, 9.17) is 9.05 Å². The second-order valence-electron chi connectivity index (χ2n) is 8.16. The molecule has 1 rings (SSSR count). The van der Waals surface area contributed by atoms with Gasteiger partial charge in [-0.25, -0.2) is 0 Å². The Morgan fingerprint density at radius 2 is 1.26 bits per heavy atom. The van der Waals surface area contributed by atoms with E-state index in [0.717, 1.165) is 64.3 Å². The summed E-state index contributed by atoms with van der Waals surface area (Å²) in [4.78, 5) is 0. The van der Waals surface area contributed by atoms with Gasteiger partial charge in [-0.2, -0.15) is 0 Å². The molecule has 0 heterocycles. The molecule has 0 radical (unpaired) electrons. The highest BCUT2D eigenvalue weighted by atomic mass is 31.2. The van der Waals surface area contributed by atoms with Gasteiger partial charge in [0.05, 0.1) is 13.2 Å². The monoisotopic (exact) mass is 403 g/mol. The van der Waals surface area contributed by atoms with Crippen molar-refractivity contribution in [3.8, 4) is 0 Å². The minimum atomic E-state index is -3.16. The second-order valence-corrected chi connectivity index (χ2v) is 10.5. The quantitative estimate of drug-likeness (QED) is 0.203. The second kappa shape index (κ2) is 15.0. The molecule has 27 heavy (non-hydrogen) atoms. The fourth-order valence-electron chi connectivity index (χ4n) is 3.85. The Morgan fingerprint density at radius 3 is 1.81 bits per heavy atom. The lowest BCUT2D eigenvalue weighted by Crippen LogP contribution is -2.48. The van der Waals surface area contributed by atoms with E-state index in [1.165, 1.54) is 38.5 Å². The van der Waals surface area contributed by atoms with Crippen LogP contribution in [0, 0.1) is 0 Å². The van der Waals surface area contributed by atoms with Crippen LogP contribution >= 0.6 is 7.60 Å². The summed E-state index contributed by atoms with van der Waals surface area (Å²) < 4.78 is 26.0. The summed E-state index contributed by atoms with van der Waals surface area (Å²) in [7, 11) is -3.16. The minimum absolute atomic E-state index is 0.462. The maximum Gasteiger partial charge on any atom is 0.350 e. The summed E-state index contributed by atoms with van der Waals surface area (Å²) in [5, 5.41) is 3.25. The first-order valence-corrected chi connectivity index (χ1v) is 13.3. The number of hydrogen-bond donors (Lipinski definition) is 1. The number of unbranched alkanes of at least 4 members (excludes halogenated alkanes) is 7. The number of nitrogens with one attached hydrogen (secondary N) is 1. The first kappa shape index (κ1) is 25.1. The first-order chi connectivity index (χ1) is 13.1. The van der Waals surface area contributed by atoms with Gasteiger partial charge in [-0.1, -0.05) is 85.0 Å². The van der Waals surface area contributed by atoms with E-state index >= 15 is 0 Å². The summed E-state index contributed by atoms with van der Waals surface area (Å²) >= 11 is 0. The predicted octanol–water partition coefficient (Wildman–Crippen LogP) is 7.42. The van der Waals surface area contributed by atoms with Crippen LogP contribution in [-0.4, -0.2) is 25.0 Å². The molecule has 1 aliphatic carbocycles. The standard InChI is InChI=1S/C22H46NO3P/c1-4-7-10-11-12-16-19-23-22(17-14-13-15-18-22)27(24,25-20-8-5-2)26-21-9-6-3/h23H,4-21H2,1-3H3. The smallest absolute Gasteiger partial charge is 0.307 e. The number of hydrogen-bond acceptors (Lipinski definition) is 4. The molecule has 1 fully saturated rings. The molecule has 0 aromatic heterocycles. The van der Waals surface area contributed by atoms with E-state index in [-0.39, 0.29) is 0 Å². The van der Waals surface area contributed by atoms with E-state index in [1.54, 1.807) is 0 Å². The summed E-state index contributed by atoms with van der Waals surface area (Å²) in [6, 6.07) is 0. The highest BCUT2D eigenvalue weighted by Crippen LogP contribution is 2.63. The fourth-order valence-corrected chi connectivity index (χ4v) is 6.33. The van der Waals surface area contributed by atoms with Crippen LogP contribution < -0.4 is 5.32 Å². The molecule has 0 aromatic rings. The van der Waals surface area contributed by atoms with Gasteiger partial charge in [-0.3, -0.25) is 4.57 Å². The molecule has 1 N–H and O–H groups in total. The van der Waals surface area contributed by atoms with Crippen LogP contribution in [0.5, 0.6) is 0 Å². The van der Waals surface area contributed by atoms with Crippen molar-refractivity contribution in [1.82, 2.24) is 5.32 Å². The summed E-state index contributed by atoms with van der Waals surface area (Å²) in [5.41, 5.74) is 0. The Bertz CT molecular complexity index is 383. The van der Waals surface area contributed by atoms with Crippen molar-refractivity contribution >= 4 is 7.60 Å². The van der Waals surface area contributed by atoms with E-state index < -0.39 is 12.9 Å². The Balaban J connectivity index is 2.69. The van der Waals surface area contributed by atoms with E-state index in [1.807, 2.05) is 0 Å². The van der Waals surface area contributed by atoms with Crippen molar-refractivity contribution in [2.45, 2.75) is 122 Å². The molecule has 0 spiro atoms. The van der Waals surface area contributed by atoms with Crippen LogP contribution in [0.4, 0.5) is 0 Å². The molecule has 0 atom stereocenters. The lowest BCUT2D eigenvalue weighted by molar-refractivity contribution is 0.153. The SMILES string of the molecule is CCCCCCCCNC1(P(=O)(OCCCC)OCCCC)CCCCC1. The highest BCUT2D eigenvalue weighted by Gasteiger charge is 2.51. The third-order valence-electron chi connectivity index (χ3n) is 5.71.